The molecule has 0 saturated heterocycles. The predicted molar refractivity (Wildman–Crippen MR) is 67.0 cm³/mol. The van der Waals surface area contributed by atoms with Gasteiger partial charge in [-0.3, -0.25) is 0 Å². The second-order valence-electron chi connectivity index (χ2n) is 3.33. The second kappa shape index (κ2) is 5.35. The first-order valence-corrected chi connectivity index (χ1v) is 7.73. The van der Waals surface area contributed by atoms with E-state index in [2.05, 4.69) is 14.7 Å². The van der Waals surface area contributed by atoms with Crippen molar-refractivity contribution in [1.82, 2.24) is 14.7 Å². The van der Waals surface area contributed by atoms with Crippen LogP contribution in [0.3, 0.4) is 0 Å². The minimum atomic E-state index is -3.61. The van der Waals surface area contributed by atoms with Gasteiger partial charge in [-0.1, -0.05) is 29.9 Å². The van der Waals surface area contributed by atoms with Crippen LogP contribution in [0, 0.1) is 0 Å². The van der Waals surface area contributed by atoms with Gasteiger partial charge in [0.15, 0.2) is 8.68 Å². The second-order valence-corrected chi connectivity index (χ2v) is 6.94. The zero-order valence-electron chi connectivity index (χ0n) is 9.38. The van der Waals surface area contributed by atoms with Crippen LogP contribution in [0.2, 0.25) is 4.47 Å². The van der Waals surface area contributed by atoms with Crippen molar-refractivity contribution in [3.63, 3.8) is 0 Å². The molecule has 0 bridgehead atoms. The summed E-state index contributed by atoms with van der Waals surface area (Å²) >= 11 is 6.48. The fourth-order valence-corrected chi connectivity index (χ4v) is 3.50. The van der Waals surface area contributed by atoms with Crippen LogP contribution in [0.15, 0.2) is 21.0 Å². The van der Waals surface area contributed by atoms with Crippen molar-refractivity contribution in [2.45, 2.75) is 24.1 Å². The summed E-state index contributed by atoms with van der Waals surface area (Å²) < 4.78 is 31.6. The lowest BCUT2D eigenvalue weighted by atomic mass is 10.4. The molecule has 9 heteroatoms. The van der Waals surface area contributed by atoms with Gasteiger partial charge in [0.2, 0.25) is 5.89 Å². The lowest BCUT2D eigenvalue weighted by molar-refractivity contribution is 0.452. The topological polar surface area (TPSA) is 85.1 Å². The first-order valence-electron chi connectivity index (χ1n) is 5.06. The number of rotatable bonds is 5. The van der Waals surface area contributed by atoms with Gasteiger partial charge in [0.05, 0.1) is 18.9 Å². The molecule has 0 aliphatic carbocycles. The van der Waals surface area contributed by atoms with Crippen molar-refractivity contribution >= 4 is 33.0 Å². The van der Waals surface area contributed by atoms with Crippen LogP contribution in [-0.2, 0) is 23.0 Å². The molecule has 18 heavy (non-hydrogen) atoms. The Morgan fingerprint density at radius 1 is 1.44 bits per heavy atom. The molecule has 98 valence electrons. The van der Waals surface area contributed by atoms with Crippen LogP contribution in [0.1, 0.15) is 18.6 Å². The maximum Gasteiger partial charge on any atom is 0.252 e. The summed E-state index contributed by atoms with van der Waals surface area (Å²) in [6, 6.07) is 0. The Bertz CT molecular complexity index is 635. The first-order chi connectivity index (χ1) is 8.51. The standard InChI is InChI=1S/C9H10ClN3O3S2/c1-2-6-3-11-7(16-6)4-13-18(14,15)8-5-12-9(10)17-8/h3,5,13H,2,4H2,1H3. The monoisotopic (exact) mass is 307 g/mol. The highest BCUT2D eigenvalue weighted by Crippen LogP contribution is 2.22. The summed E-state index contributed by atoms with van der Waals surface area (Å²) in [4.78, 5) is 7.64. The number of nitrogens with one attached hydrogen (secondary N) is 1. The number of sulfonamides is 1. The van der Waals surface area contributed by atoms with Gasteiger partial charge >= 0.3 is 0 Å². The van der Waals surface area contributed by atoms with Crippen LogP contribution >= 0.6 is 22.9 Å². The summed E-state index contributed by atoms with van der Waals surface area (Å²) in [7, 11) is -3.61. The minimum absolute atomic E-state index is 0.00213. The van der Waals surface area contributed by atoms with Crippen LogP contribution in [0.4, 0.5) is 0 Å². The largest absolute Gasteiger partial charge is 0.444 e. The van der Waals surface area contributed by atoms with Gasteiger partial charge in [-0.15, -0.1) is 0 Å². The third-order valence-electron chi connectivity index (χ3n) is 2.08. The fraction of sp³-hybridized carbons (Fsp3) is 0.333. The molecule has 0 atom stereocenters. The van der Waals surface area contributed by atoms with Crippen LogP contribution in [0.5, 0.6) is 0 Å². The molecule has 2 aromatic heterocycles. The Hall–Kier alpha value is -0.960. The Morgan fingerprint density at radius 2 is 2.22 bits per heavy atom. The molecule has 0 aliphatic rings. The molecule has 0 fully saturated rings. The number of nitrogens with zero attached hydrogens (tertiary/aromatic N) is 2. The molecule has 0 spiro atoms. The molecular formula is C9H10ClN3O3S2. The lowest BCUT2D eigenvalue weighted by Crippen LogP contribution is -2.22. The third kappa shape index (κ3) is 3.08. The molecule has 0 aromatic carbocycles. The SMILES string of the molecule is CCc1cnc(CNS(=O)(=O)c2cnc(Cl)s2)o1. The molecule has 0 saturated carbocycles. The van der Waals surface area contributed by atoms with Crippen LogP contribution < -0.4 is 4.72 Å². The van der Waals surface area contributed by atoms with Gasteiger partial charge in [0.1, 0.15) is 5.76 Å². The van der Waals surface area contributed by atoms with E-state index in [-0.39, 0.29) is 15.2 Å². The normalized spacial score (nSPS) is 11.9. The van der Waals surface area contributed by atoms with Crippen molar-refractivity contribution in [2.75, 3.05) is 0 Å². The number of halogens is 1. The molecular weight excluding hydrogens is 298 g/mol. The number of hydrogen-bond donors (Lipinski definition) is 1. The number of hydrogen-bond acceptors (Lipinski definition) is 6. The molecule has 1 N–H and O–H groups in total. The highest BCUT2D eigenvalue weighted by atomic mass is 35.5. The van der Waals surface area contributed by atoms with Crippen LogP contribution in [-0.4, -0.2) is 18.4 Å². The Kier molecular flexibility index (Phi) is 4.00. The van der Waals surface area contributed by atoms with Gasteiger partial charge < -0.3 is 4.42 Å². The Morgan fingerprint density at radius 3 is 2.78 bits per heavy atom. The average Bonchev–Trinajstić information content (AvgIpc) is 2.95. The minimum Gasteiger partial charge on any atom is -0.444 e. The van der Waals surface area contributed by atoms with E-state index in [1.165, 1.54) is 6.20 Å². The number of thiazole rings is 1. The van der Waals surface area contributed by atoms with Crippen LogP contribution in [0.25, 0.3) is 0 Å². The average molecular weight is 308 g/mol. The molecule has 2 heterocycles. The van der Waals surface area contributed by atoms with Crippen molar-refractivity contribution < 1.29 is 12.8 Å². The van der Waals surface area contributed by atoms with Gasteiger partial charge in [-0.25, -0.2) is 23.1 Å². The van der Waals surface area contributed by atoms with Gasteiger partial charge in [-0.05, 0) is 0 Å². The zero-order valence-corrected chi connectivity index (χ0v) is 11.8. The molecule has 2 aromatic rings. The highest BCUT2D eigenvalue weighted by Gasteiger charge is 2.18. The van der Waals surface area contributed by atoms with Gasteiger partial charge in [-0.2, -0.15) is 0 Å². The molecule has 2 rings (SSSR count). The van der Waals surface area contributed by atoms with Crippen molar-refractivity contribution in [3.05, 3.63) is 28.5 Å². The predicted octanol–water partition coefficient (Wildman–Crippen LogP) is 1.83. The quantitative estimate of drug-likeness (QED) is 0.910. The maximum absolute atomic E-state index is 11.8. The highest BCUT2D eigenvalue weighted by molar-refractivity contribution is 7.91. The van der Waals surface area contributed by atoms with E-state index in [0.29, 0.717) is 18.1 Å². The van der Waals surface area contributed by atoms with E-state index in [1.807, 2.05) is 6.92 Å². The van der Waals surface area contributed by atoms with E-state index >= 15 is 0 Å². The maximum atomic E-state index is 11.8. The third-order valence-corrected chi connectivity index (χ3v) is 5.06. The summed E-state index contributed by atoms with van der Waals surface area (Å²) in [6.07, 6.45) is 3.50. The van der Waals surface area contributed by atoms with E-state index in [4.69, 9.17) is 16.0 Å². The number of aryl methyl sites for hydroxylation is 1. The van der Waals surface area contributed by atoms with Crippen molar-refractivity contribution in [3.8, 4) is 0 Å². The van der Waals surface area contributed by atoms with Gasteiger partial charge in [0, 0.05) is 6.42 Å². The fourth-order valence-electron chi connectivity index (χ4n) is 1.18. The number of oxazole rings is 1. The Labute approximate surface area is 113 Å². The van der Waals surface area contributed by atoms with Crippen molar-refractivity contribution in [1.29, 1.82) is 0 Å². The summed E-state index contributed by atoms with van der Waals surface area (Å²) in [5.41, 5.74) is 0. The smallest absolute Gasteiger partial charge is 0.252 e. The van der Waals surface area contributed by atoms with Gasteiger partial charge in [0.25, 0.3) is 10.0 Å². The molecule has 0 amide bonds. The molecule has 0 unspecified atom stereocenters. The number of aromatic nitrogens is 2. The molecule has 0 aliphatic heterocycles. The van der Waals surface area contributed by atoms with E-state index in [1.54, 1.807) is 6.20 Å². The molecule has 6 nitrogen and oxygen atoms in total. The summed E-state index contributed by atoms with van der Waals surface area (Å²) in [5, 5.41) is 0. The molecule has 0 radical (unpaired) electrons. The zero-order chi connectivity index (χ0) is 13.2. The summed E-state index contributed by atoms with van der Waals surface area (Å²) in [6.45, 7) is 1.92. The van der Waals surface area contributed by atoms with E-state index in [0.717, 1.165) is 11.3 Å². The van der Waals surface area contributed by atoms with E-state index in [9.17, 15) is 8.42 Å². The summed E-state index contributed by atoms with van der Waals surface area (Å²) in [5.74, 6) is 1.04. The Balaban J connectivity index is 2.05. The van der Waals surface area contributed by atoms with Crippen molar-refractivity contribution in [2.24, 2.45) is 0 Å². The van der Waals surface area contributed by atoms with E-state index < -0.39 is 10.0 Å². The lowest BCUT2D eigenvalue weighted by Gasteiger charge is -2.00. The first kappa shape index (κ1) is 13.5.